The number of imide groups is 1. The quantitative estimate of drug-likeness (QED) is 0.452. The number of para-hydroxylation sites is 1. The minimum Gasteiger partial charge on any atom is -0.491 e. The third kappa shape index (κ3) is 8.18. The van der Waals surface area contributed by atoms with Crippen molar-refractivity contribution in [3.05, 3.63) is 60.2 Å². The molecule has 0 radical (unpaired) electrons. The van der Waals surface area contributed by atoms with Gasteiger partial charge in [0.05, 0.1) is 13.2 Å². The molecule has 188 valence electrons. The minimum atomic E-state index is -0.877. The maximum absolute atomic E-state index is 12.8. The molecule has 2 aromatic carbocycles. The Morgan fingerprint density at radius 1 is 1.14 bits per heavy atom. The lowest BCUT2D eigenvalue weighted by Crippen LogP contribution is -2.50. The molecule has 3 rings (SSSR count). The lowest BCUT2D eigenvalue weighted by molar-refractivity contribution is -0.118. The number of β-amino-alcohol motifs (C(OH)–C–C–N with tert-alkyl or cyclic N) is 1. The number of thioether (sulfide) groups is 1. The molecule has 2 atom stereocenters. The van der Waals surface area contributed by atoms with Gasteiger partial charge in [0.25, 0.3) is 11.1 Å². The van der Waals surface area contributed by atoms with Crippen molar-refractivity contribution in [2.45, 2.75) is 44.2 Å². The highest BCUT2D eigenvalue weighted by Gasteiger charge is 2.31. The standard InChI is InChI=1S/C25H31N3O6S/c1-25(2,3)28(15-19(29)16-34-20-7-5-4-6-8-20)24(32)33-14-13-17-9-11-18(12-10-17)26-22-21(30)27-23(31)35-22/h4-12,19,22,26,29H,13-16H2,1-3H3,(H,27,30,31). The van der Waals surface area contributed by atoms with Crippen LogP contribution < -0.4 is 15.4 Å². The first-order valence-electron chi connectivity index (χ1n) is 11.3. The summed E-state index contributed by atoms with van der Waals surface area (Å²) in [6.07, 6.45) is -0.887. The van der Waals surface area contributed by atoms with Crippen molar-refractivity contribution in [3.8, 4) is 5.75 Å². The molecule has 3 amide bonds. The third-order valence-electron chi connectivity index (χ3n) is 5.17. The normalized spacial score (nSPS) is 16.4. The lowest BCUT2D eigenvalue weighted by Gasteiger charge is -2.36. The van der Waals surface area contributed by atoms with Crippen molar-refractivity contribution in [2.75, 3.05) is 25.1 Å². The van der Waals surface area contributed by atoms with E-state index < -0.39 is 23.1 Å². The topological polar surface area (TPSA) is 117 Å². The molecule has 1 heterocycles. The third-order valence-corrected chi connectivity index (χ3v) is 6.05. The van der Waals surface area contributed by atoms with Crippen LogP contribution >= 0.6 is 11.8 Å². The molecule has 0 spiro atoms. The lowest BCUT2D eigenvalue weighted by atomic mass is 10.1. The van der Waals surface area contributed by atoms with Gasteiger partial charge in [0.15, 0.2) is 5.37 Å². The summed E-state index contributed by atoms with van der Waals surface area (Å²) < 4.78 is 11.1. The fraction of sp³-hybridized carbons (Fsp3) is 0.400. The molecular formula is C25H31N3O6S. The number of aliphatic hydroxyl groups is 1. The largest absolute Gasteiger partial charge is 0.491 e. The van der Waals surface area contributed by atoms with Crippen molar-refractivity contribution >= 4 is 34.7 Å². The minimum absolute atomic E-state index is 0.0550. The predicted molar refractivity (Wildman–Crippen MR) is 134 cm³/mol. The van der Waals surface area contributed by atoms with Gasteiger partial charge in [-0.15, -0.1) is 0 Å². The maximum atomic E-state index is 12.8. The van der Waals surface area contributed by atoms with Crippen LogP contribution in [-0.4, -0.2) is 64.0 Å². The van der Waals surface area contributed by atoms with Gasteiger partial charge in [-0.3, -0.25) is 14.9 Å². The number of carbonyl (C=O) groups is 3. The van der Waals surface area contributed by atoms with Crippen LogP contribution in [0.25, 0.3) is 0 Å². The van der Waals surface area contributed by atoms with Crippen LogP contribution in [0.2, 0.25) is 0 Å². The van der Waals surface area contributed by atoms with E-state index in [1.807, 2.05) is 51.1 Å². The molecule has 2 unspecified atom stereocenters. The van der Waals surface area contributed by atoms with Crippen LogP contribution in [0.1, 0.15) is 26.3 Å². The van der Waals surface area contributed by atoms with Crippen LogP contribution in [0.4, 0.5) is 15.3 Å². The molecule has 35 heavy (non-hydrogen) atoms. The summed E-state index contributed by atoms with van der Waals surface area (Å²) in [5.74, 6) is 0.285. The highest BCUT2D eigenvalue weighted by molar-refractivity contribution is 8.15. The smallest absolute Gasteiger partial charge is 0.410 e. The number of carbonyl (C=O) groups excluding carboxylic acids is 3. The number of ether oxygens (including phenoxy) is 2. The van der Waals surface area contributed by atoms with Crippen molar-refractivity contribution in [2.24, 2.45) is 0 Å². The van der Waals surface area contributed by atoms with Gasteiger partial charge in [-0.05, 0) is 62.4 Å². The summed E-state index contributed by atoms with van der Waals surface area (Å²) in [7, 11) is 0. The Labute approximate surface area is 209 Å². The van der Waals surface area contributed by atoms with Crippen LogP contribution in [0.3, 0.4) is 0 Å². The summed E-state index contributed by atoms with van der Waals surface area (Å²) in [6, 6.07) is 16.5. The summed E-state index contributed by atoms with van der Waals surface area (Å²) in [5.41, 5.74) is 1.10. The highest BCUT2D eigenvalue weighted by atomic mass is 32.2. The van der Waals surface area contributed by atoms with E-state index in [9.17, 15) is 19.5 Å². The average Bonchev–Trinajstić information content (AvgIpc) is 3.13. The zero-order valence-corrected chi connectivity index (χ0v) is 20.8. The number of nitrogens with zero attached hydrogens (tertiary/aromatic N) is 1. The fourth-order valence-corrected chi connectivity index (χ4v) is 4.03. The summed E-state index contributed by atoms with van der Waals surface area (Å²) in [6.45, 7) is 5.93. The van der Waals surface area contributed by atoms with Crippen molar-refractivity contribution < 1.29 is 29.0 Å². The van der Waals surface area contributed by atoms with E-state index in [1.54, 1.807) is 24.3 Å². The van der Waals surface area contributed by atoms with E-state index >= 15 is 0 Å². The zero-order valence-electron chi connectivity index (χ0n) is 20.0. The number of nitrogens with one attached hydrogen (secondary N) is 2. The van der Waals surface area contributed by atoms with Gasteiger partial charge in [0.2, 0.25) is 0 Å². The second kappa shape index (κ2) is 11.9. The number of benzene rings is 2. The summed E-state index contributed by atoms with van der Waals surface area (Å²) in [4.78, 5) is 37.2. The number of anilines is 1. The van der Waals surface area contributed by atoms with Crippen LogP contribution in [-0.2, 0) is 16.0 Å². The Balaban J connectivity index is 1.45. The number of amides is 3. The molecule has 9 nitrogen and oxygen atoms in total. The average molecular weight is 502 g/mol. The Morgan fingerprint density at radius 2 is 1.83 bits per heavy atom. The van der Waals surface area contributed by atoms with E-state index in [0.29, 0.717) is 17.9 Å². The van der Waals surface area contributed by atoms with Crippen molar-refractivity contribution in [1.82, 2.24) is 10.2 Å². The molecule has 1 saturated heterocycles. The van der Waals surface area contributed by atoms with E-state index in [1.165, 1.54) is 4.90 Å². The molecule has 2 aromatic rings. The second-order valence-corrected chi connectivity index (χ2v) is 10.1. The van der Waals surface area contributed by atoms with Gasteiger partial charge in [-0.2, -0.15) is 0 Å². The molecule has 10 heteroatoms. The van der Waals surface area contributed by atoms with E-state index in [0.717, 1.165) is 17.3 Å². The Kier molecular flexibility index (Phi) is 9.00. The first-order valence-corrected chi connectivity index (χ1v) is 12.2. The summed E-state index contributed by atoms with van der Waals surface area (Å²) in [5, 5.41) is 14.6. The zero-order chi connectivity index (χ0) is 25.4. The molecule has 0 saturated carbocycles. The van der Waals surface area contributed by atoms with Crippen molar-refractivity contribution in [3.63, 3.8) is 0 Å². The van der Waals surface area contributed by atoms with Crippen LogP contribution in [0, 0.1) is 0 Å². The van der Waals surface area contributed by atoms with Gasteiger partial charge in [0.1, 0.15) is 18.5 Å². The van der Waals surface area contributed by atoms with Crippen LogP contribution in [0.5, 0.6) is 5.75 Å². The van der Waals surface area contributed by atoms with Gasteiger partial charge in [0, 0.05) is 17.6 Å². The molecule has 1 aliphatic heterocycles. The van der Waals surface area contributed by atoms with E-state index in [-0.39, 0.29) is 30.9 Å². The fourth-order valence-electron chi connectivity index (χ4n) is 3.30. The van der Waals surface area contributed by atoms with E-state index in [4.69, 9.17) is 9.47 Å². The molecule has 0 aromatic heterocycles. The van der Waals surface area contributed by atoms with E-state index in [2.05, 4.69) is 10.6 Å². The number of hydrogen-bond donors (Lipinski definition) is 3. The Hall–Kier alpha value is -3.24. The van der Waals surface area contributed by atoms with Gasteiger partial charge in [-0.25, -0.2) is 4.79 Å². The monoisotopic (exact) mass is 501 g/mol. The molecule has 1 aliphatic rings. The molecule has 0 bridgehead atoms. The number of hydrogen-bond acceptors (Lipinski definition) is 8. The highest BCUT2D eigenvalue weighted by Crippen LogP contribution is 2.22. The SMILES string of the molecule is CC(C)(C)N(CC(O)COc1ccccc1)C(=O)OCCc1ccc(NC2SC(=O)NC2=O)cc1. The van der Waals surface area contributed by atoms with Crippen molar-refractivity contribution in [1.29, 1.82) is 0 Å². The Morgan fingerprint density at radius 3 is 2.43 bits per heavy atom. The molecule has 3 N–H and O–H groups in total. The first-order chi connectivity index (χ1) is 16.6. The van der Waals surface area contributed by atoms with Gasteiger partial charge >= 0.3 is 6.09 Å². The Bertz CT molecular complexity index is 1010. The first kappa shape index (κ1) is 26.4. The second-order valence-electron chi connectivity index (χ2n) is 9.04. The molecule has 0 aliphatic carbocycles. The molecule has 1 fully saturated rings. The maximum Gasteiger partial charge on any atom is 0.410 e. The summed E-state index contributed by atoms with van der Waals surface area (Å²) >= 11 is 0.902. The molecular weight excluding hydrogens is 470 g/mol. The van der Waals surface area contributed by atoms with Crippen LogP contribution in [0.15, 0.2) is 54.6 Å². The van der Waals surface area contributed by atoms with Gasteiger partial charge in [-0.1, -0.05) is 30.3 Å². The van der Waals surface area contributed by atoms with Gasteiger partial charge < -0.3 is 24.8 Å². The predicted octanol–water partition coefficient (Wildman–Crippen LogP) is 3.63. The number of aliphatic hydroxyl groups excluding tert-OH is 1. The number of rotatable bonds is 10.